The van der Waals surface area contributed by atoms with Gasteiger partial charge < -0.3 is 5.32 Å². The zero-order valence-electron chi connectivity index (χ0n) is 9.88. The fraction of sp³-hybridized carbons (Fsp3) is 0.286. The quantitative estimate of drug-likeness (QED) is 0.784. The summed E-state index contributed by atoms with van der Waals surface area (Å²) in [5.74, 6) is 0. The first kappa shape index (κ1) is 11.1. The predicted molar refractivity (Wildman–Crippen MR) is 75.3 cm³/mol. The summed E-state index contributed by atoms with van der Waals surface area (Å²) >= 11 is 7.97. The summed E-state index contributed by atoms with van der Waals surface area (Å²) in [7, 11) is 0. The average molecular weight is 264 g/mol. The fourth-order valence-electron chi connectivity index (χ4n) is 2.44. The van der Waals surface area contributed by atoms with Crippen molar-refractivity contribution in [3.8, 4) is 0 Å². The minimum absolute atomic E-state index is 0.417. The van der Waals surface area contributed by atoms with Gasteiger partial charge in [0.15, 0.2) is 0 Å². The van der Waals surface area contributed by atoms with Gasteiger partial charge >= 0.3 is 0 Å². The molecule has 0 bridgehead atoms. The molecule has 2 heterocycles. The Kier molecular flexibility index (Phi) is 2.64. The molecule has 0 fully saturated rings. The molecule has 0 spiro atoms. The van der Waals surface area contributed by atoms with Gasteiger partial charge in [0, 0.05) is 20.5 Å². The molecular weight excluding hydrogens is 250 g/mol. The molecule has 1 nitrogen and oxygen atoms in total. The van der Waals surface area contributed by atoms with Crippen molar-refractivity contribution in [2.45, 2.75) is 26.3 Å². The molecule has 2 aromatic rings. The topological polar surface area (TPSA) is 12.0 Å². The van der Waals surface area contributed by atoms with E-state index in [2.05, 4.69) is 37.4 Å². The van der Waals surface area contributed by atoms with Crippen LogP contribution in [0.25, 0.3) is 0 Å². The molecule has 3 rings (SSSR count). The average Bonchev–Trinajstić information content (AvgIpc) is 2.83. The maximum atomic E-state index is 6.10. The molecule has 1 unspecified atom stereocenters. The molecule has 1 atom stereocenters. The number of thiophene rings is 1. The van der Waals surface area contributed by atoms with Gasteiger partial charge in [-0.05, 0) is 55.7 Å². The van der Waals surface area contributed by atoms with E-state index in [0.29, 0.717) is 6.04 Å². The molecular formula is C14H14ClNS. The molecule has 88 valence electrons. The molecule has 1 N–H and O–H groups in total. The normalized spacial score (nSPS) is 17.9. The van der Waals surface area contributed by atoms with Crippen molar-refractivity contribution < 1.29 is 0 Å². The highest BCUT2D eigenvalue weighted by atomic mass is 35.5. The Labute approximate surface area is 110 Å². The SMILES string of the molecule is Cc1ccc(C2Cc3cc(Cl)cc(C)c3N2)s1. The van der Waals surface area contributed by atoms with E-state index in [4.69, 9.17) is 11.6 Å². The van der Waals surface area contributed by atoms with E-state index in [1.807, 2.05) is 17.4 Å². The summed E-state index contributed by atoms with van der Waals surface area (Å²) in [6.45, 7) is 4.26. The van der Waals surface area contributed by atoms with Crippen LogP contribution in [0.5, 0.6) is 0 Å². The summed E-state index contributed by atoms with van der Waals surface area (Å²) in [6.07, 6.45) is 1.04. The Hall–Kier alpha value is -0.990. The third kappa shape index (κ3) is 1.96. The van der Waals surface area contributed by atoms with Crippen LogP contribution in [0, 0.1) is 13.8 Å². The lowest BCUT2D eigenvalue weighted by Crippen LogP contribution is -2.03. The monoisotopic (exact) mass is 263 g/mol. The van der Waals surface area contributed by atoms with E-state index < -0.39 is 0 Å². The van der Waals surface area contributed by atoms with Crippen molar-refractivity contribution in [1.29, 1.82) is 0 Å². The molecule has 1 aromatic carbocycles. The Bertz CT molecular complexity index is 574. The first-order valence-electron chi connectivity index (χ1n) is 5.75. The largest absolute Gasteiger partial charge is 0.377 e. The van der Waals surface area contributed by atoms with Crippen molar-refractivity contribution in [1.82, 2.24) is 0 Å². The van der Waals surface area contributed by atoms with Crippen molar-refractivity contribution in [3.63, 3.8) is 0 Å². The van der Waals surface area contributed by atoms with Crippen molar-refractivity contribution >= 4 is 28.6 Å². The molecule has 17 heavy (non-hydrogen) atoms. The smallest absolute Gasteiger partial charge is 0.0647 e. The minimum Gasteiger partial charge on any atom is -0.377 e. The summed E-state index contributed by atoms with van der Waals surface area (Å²) in [4.78, 5) is 2.78. The molecule has 1 aromatic heterocycles. The number of nitrogens with one attached hydrogen (secondary N) is 1. The molecule has 0 radical (unpaired) electrons. The zero-order valence-corrected chi connectivity index (χ0v) is 11.5. The number of halogens is 1. The van der Waals surface area contributed by atoms with Crippen molar-refractivity contribution in [3.05, 3.63) is 50.2 Å². The van der Waals surface area contributed by atoms with E-state index in [0.717, 1.165) is 11.4 Å². The van der Waals surface area contributed by atoms with Gasteiger partial charge in [-0.3, -0.25) is 0 Å². The van der Waals surface area contributed by atoms with Gasteiger partial charge in [0.2, 0.25) is 0 Å². The number of rotatable bonds is 1. The van der Waals surface area contributed by atoms with E-state index in [-0.39, 0.29) is 0 Å². The summed E-state index contributed by atoms with van der Waals surface area (Å²) < 4.78 is 0. The van der Waals surface area contributed by atoms with E-state index in [1.54, 1.807) is 0 Å². The van der Waals surface area contributed by atoms with Gasteiger partial charge in [-0.1, -0.05) is 11.6 Å². The van der Waals surface area contributed by atoms with Gasteiger partial charge in [0.1, 0.15) is 0 Å². The maximum absolute atomic E-state index is 6.10. The highest BCUT2D eigenvalue weighted by Gasteiger charge is 2.24. The third-order valence-electron chi connectivity index (χ3n) is 3.23. The first-order chi connectivity index (χ1) is 8.13. The van der Waals surface area contributed by atoms with Crippen molar-refractivity contribution in [2.24, 2.45) is 0 Å². The minimum atomic E-state index is 0.417. The molecule has 0 aliphatic carbocycles. The lowest BCUT2D eigenvalue weighted by Gasteiger charge is -2.09. The van der Waals surface area contributed by atoms with Crippen molar-refractivity contribution in [2.75, 3.05) is 5.32 Å². The zero-order chi connectivity index (χ0) is 12.0. The Morgan fingerprint density at radius 2 is 2.12 bits per heavy atom. The van der Waals surface area contributed by atoms with Crippen LogP contribution in [0.3, 0.4) is 0 Å². The molecule has 0 saturated heterocycles. The first-order valence-corrected chi connectivity index (χ1v) is 6.95. The molecule has 3 heteroatoms. The fourth-order valence-corrected chi connectivity index (χ4v) is 3.66. The third-order valence-corrected chi connectivity index (χ3v) is 4.56. The number of aryl methyl sites for hydroxylation is 2. The second kappa shape index (κ2) is 4.04. The summed E-state index contributed by atoms with van der Waals surface area (Å²) in [6, 6.07) is 8.93. The molecule has 0 saturated carbocycles. The Balaban J connectivity index is 1.95. The van der Waals surface area contributed by atoms with Crippen LogP contribution in [-0.2, 0) is 6.42 Å². The second-order valence-corrected chi connectivity index (χ2v) is 6.36. The van der Waals surface area contributed by atoms with Crippen LogP contribution in [-0.4, -0.2) is 0 Å². The van der Waals surface area contributed by atoms with Crippen LogP contribution in [0.1, 0.15) is 26.9 Å². The molecule has 1 aliphatic rings. The van der Waals surface area contributed by atoms with Gasteiger partial charge in [-0.2, -0.15) is 0 Å². The lowest BCUT2D eigenvalue weighted by atomic mass is 10.1. The highest BCUT2D eigenvalue weighted by molar-refractivity contribution is 7.12. The van der Waals surface area contributed by atoms with E-state index >= 15 is 0 Å². The number of anilines is 1. The summed E-state index contributed by atoms with van der Waals surface area (Å²) in [5.41, 5.74) is 3.85. The van der Waals surface area contributed by atoms with E-state index in [9.17, 15) is 0 Å². The van der Waals surface area contributed by atoms with Gasteiger partial charge in [0.25, 0.3) is 0 Å². The van der Waals surface area contributed by atoms with Gasteiger partial charge in [-0.15, -0.1) is 11.3 Å². The maximum Gasteiger partial charge on any atom is 0.0647 e. The number of hydrogen-bond acceptors (Lipinski definition) is 2. The van der Waals surface area contributed by atoms with Gasteiger partial charge in [-0.25, -0.2) is 0 Å². The second-order valence-electron chi connectivity index (χ2n) is 4.61. The standard InChI is InChI=1S/C14H14ClNS/c1-8-5-11(15)6-10-7-12(16-14(8)10)13-4-3-9(2)17-13/h3-6,12,16H,7H2,1-2H3. The predicted octanol–water partition coefficient (Wildman–Crippen LogP) is 4.73. The van der Waals surface area contributed by atoms with Gasteiger partial charge in [0.05, 0.1) is 6.04 Å². The Morgan fingerprint density at radius 1 is 1.29 bits per heavy atom. The van der Waals surface area contributed by atoms with Crippen LogP contribution in [0.4, 0.5) is 5.69 Å². The van der Waals surface area contributed by atoms with Crippen LogP contribution >= 0.6 is 22.9 Å². The van der Waals surface area contributed by atoms with E-state index in [1.165, 1.54) is 26.6 Å². The van der Waals surface area contributed by atoms with Crippen LogP contribution in [0.15, 0.2) is 24.3 Å². The van der Waals surface area contributed by atoms with Crippen LogP contribution in [0.2, 0.25) is 5.02 Å². The number of benzene rings is 1. The highest BCUT2D eigenvalue weighted by Crippen LogP contribution is 2.39. The molecule has 1 aliphatic heterocycles. The number of fused-ring (bicyclic) bond motifs is 1. The Morgan fingerprint density at radius 3 is 2.82 bits per heavy atom. The van der Waals surface area contributed by atoms with Crippen LogP contribution < -0.4 is 5.32 Å². The summed E-state index contributed by atoms with van der Waals surface area (Å²) in [5, 5.41) is 4.45. The number of hydrogen-bond donors (Lipinski definition) is 1. The lowest BCUT2D eigenvalue weighted by molar-refractivity contribution is 0.843. The molecule has 0 amide bonds.